The third-order valence-corrected chi connectivity index (χ3v) is 22.8. The summed E-state index contributed by atoms with van der Waals surface area (Å²) in [6, 6.07) is 0. The van der Waals surface area contributed by atoms with Crippen molar-refractivity contribution in [1.29, 1.82) is 0 Å². The fourth-order valence-electron chi connectivity index (χ4n) is 8.70. The predicted octanol–water partition coefficient (Wildman–Crippen LogP) is 9.85. The van der Waals surface area contributed by atoms with E-state index in [1.54, 1.807) is 0 Å². The molecule has 0 aliphatic rings. The Balaban J connectivity index is 5.45. The van der Waals surface area contributed by atoms with Crippen LogP contribution in [0, 0.1) is 0 Å². The van der Waals surface area contributed by atoms with E-state index in [1.807, 2.05) is 27.7 Å². The molecule has 0 bridgehead atoms. The van der Waals surface area contributed by atoms with Gasteiger partial charge in [0.25, 0.3) is 7.23 Å². The van der Waals surface area contributed by atoms with Crippen LogP contribution in [0.4, 0.5) is 0 Å². The van der Waals surface area contributed by atoms with E-state index in [-0.39, 0.29) is 208 Å². The van der Waals surface area contributed by atoms with Gasteiger partial charge in [-0.25, -0.2) is 27.4 Å². The van der Waals surface area contributed by atoms with E-state index >= 15 is 0 Å². The number of rotatable bonds is 75. The number of carbonyl (C=O) groups is 6. The number of phosphoric acid groups is 6. The number of nitrogens with one attached hydrogen (secondary N) is 6. The Labute approximate surface area is 632 Å². The van der Waals surface area contributed by atoms with Crippen molar-refractivity contribution in [2.24, 2.45) is 0 Å². The first-order valence-electron chi connectivity index (χ1n) is 36.5. The molecule has 0 aliphatic heterocycles. The minimum Gasteiger partial charge on any atom is -0.353 e. The van der Waals surface area contributed by atoms with Crippen LogP contribution < -0.4 is 31.9 Å². The van der Waals surface area contributed by atoms with Crippen molar-refractivity contribution in [3.63, 3.8) is 0 Å². The van der Waals surface area contributed by atoms with Crippen LogP contribution in [0.25, 0.3) is 0 Å². The number of hydrogen-bond donors (Lipinski definition) is 13. The molecule has 0 aromatic heterocycles. The number of unbranched alkanes of at least 4 members (excludes halogenated alkanes) is 14. The van der Waals surface area contributed by atoms with Gasteiger partial charge in [0.2, 0.25) is 35.4 Å². The summed E-state index contributed by atoms with van der Waals surface area (Å²) in [5, 5.41) is 15.4. The quantitative estimate of drug-likeness (QED) is 0.0199. The van der Waals surface area contributed by atoms with Crippen molar-refractivity contribution in [2.45, 2.75) is 239 Å². The van der Waals surface area contributed by atoms with Crippen molar-refractivity contribution in [1.82, 2.24) is 31.9 Å². The summed E-state index contributed by atoms with van der Waals surface area (Å²) in [6.07, 6.45) is 6.80. The molecule has 7 unspecified atom stereocenters. The largest absolute Gasteiger partial charge is 0.472 e. The van der Waals surface area contributed by atoms with Gasteiger partial charge in [-0.2, -0.15) is 0 Å². The second-order valence-electron chi connectivity index (χ2n) is 24.4. The Morgan fingerprint density at radius 3 is 0.598 bits per heavy atom. The van der Waals surface area contributed by atoms with Gasteiger partial charge in [-0.05, 0) is 111 Å². The van der Waals surface area contributed by atoms with Crippen molar-refractivity contribution in [2.75, 3.05) is 112 Å². The molecule has 0 heterocycles. The molecule has 0 rings (SSSR count). The van der Waals surface area contributed by atoms with Crippen LogP contribution in [0.1, 0.15) is 220 Å². The summed E-state index contributed by atoms with van der Waals surface area (Å²) in [5.74, 6) is -3.18. The number of amides is 6. The van der Waals surface area contributed by atoms with Gasteiger partial charge < -0.3 is 75.2 Å². The van der Waals surface area contributed by atoms with E-state index in [0.29, 0.717) is 25.7 Å². The standard InChI is InChI=1S/C60H124N6O33P8/c1-6-10-20-36-87-101(73,74)91-40-24-14-30-55(67)61-46-52(47-62-56(68)31-15-25-41-92-102(75,76)88-37-21-11-7-2)97-105(81,82)95-44-28-18-34-59(71)65-50-54(99-107(85,100)86-5)51-66-60(72)35-19-29-45-96-106(83,84)98-53(48-63-57(69)32-16-26-42-93-103(77,78)89-38-22-12-8-3)49-64-58(70)33-17-27-43-94-104(79,80)90-39-23-13-9-4/h52-54,85,100H,6-51H2,1-5H3,(H,61,67)(H,62,68)(H,63,69)(H,64,70)(H,65,71)(H,66,72)(H,73,74)(H,75,76)(H,77,78)(H,79,80)(H,81,82)(H,83,84). The topological polar surface area (TPSA) is 548 Å². The molecule has 7 atom stereocenters. The summed E-state index contributed by atoms with van der Waals surface area (Å²) < 4.78 is 146. The van der Waals surface area contributed by atoms with Crippen LogP contribution in [0.2, 0.25) is 0 Å². The lowest BCUT2D eigenvalue weighted by molar-refractivity contribution is -0.123. The fraction of sp³-hybridized carbons (Fsp3) is 0.900. The highest BCUT2D eigenvalue weighted by Crippen LogP contribution is 2.50. The van der Waals surface area contributed by atoms with Gasteiger partial charge in [0.15, 0.2) is 0 Å². The Hall–Kier alpha value is -1.91. The van der Waals surface area contributed by atoms with Crippen molar-refractivity contribution < 1.29 is 154 Å². The van der Waals surface area contributed by atoms with Crippen molar-refractivity contribution >= 4 is 98.1 Å². The summed E-state index contributed by atoms with van der Waals surface area (Å²) in [5.41, 5.74) is 0. The number of carbonyl (C=O) groups excluding carboxylic acids is 6. The first-order valence-corrected chi connectivity index (χ1v) is 48.4. The van der Waals surface area contributed by atoms with Gasteiger partial charge in [-0.15, -0.1) is 0 Å². The average Bonchev–Trinajstić information content (AvgIpc) is 0.918. The molecule has 39 nitrogen and oxygen atoms in total. The second kappa shape index (κ2) is 62.5. The lowest BCUT2D eigenvalue weighted by atomic mass is 10.2. The Bertz CT molecular complexity index is 2530. The maximum Gasteiger partial charge on any atom is 0.472 e. The SMILES string of the molecule is CCCCCOP(=O)(O)OCCCCC(=O)NCC(CNC(=O)CCCCOP(=O)(O)OCCCCC)OP(=O)(O)OCCCCC(=O)NCC(CNC(=O)CCCCOP(=O)(O)OC(CNC(=O)CCCCOP(=O)(O)OCCCCC)CNC(=O)CCCCOP(=O)(O)OCCCCC)OP(O)(=P)OC. The van der Waals surface area contributed by atoms with Crippen LogP contribution in [0.3, 0.4) is 0 Å². The zero-order chi connectivity index (χ0) is 80.4. The van der Waals surface area contributed by atoms with Crippen LogP contribution in [0.15, 0.2) is 0 Å². The zero-order valence-electron chi connectivity index (χ0n) is 62.6. The first-order chi connectivity index (χ1) is 50.5. The number of phosphoric ester groups is 6. The second-order valence-corrected chi connectivity index (χ2v) is 36.4. The number of hydrogen-bond acceptors (Lipinski definition) is 26. The van der Waals surface area contributed by atoms with Gasteiger partial charge in [-0.1, -0.05) is 79.1 Å². The maximum absolute atomic E-state index is 13.2. The fourth-order valence-corrected chi connectivity index (χ4v) is 14.9. The molecule has 0 aromatic carbocycles. The molecule has 6 amide bonds. The van der Waals surface area contributed by atoms with Gasteiger partial charge in [0.1, 0.15) is 18.3 Å². The van der Waals surface area contributed by atoms with Crippen LogP contribution in [-0.4, -0.2) is 200 Å². The molecule has 13 N–H and O–H groups in total. The lowest BCUT2D eigenvalue weighted by Gasteiger charge is -2.24. The Morgan fingerprint density at radius 2 is 0.430 bits per heavy atom. The van der Waals surface area contributed by atoms with Crippen molar-refractivity contribution in [3.8, 4) is 0 Å². The molecule has 0 radical (unpaired) electrons. The van der Waals surface area contributed by atoms with Crippen LogP contribution in [0.5, 0.6) is 0 Å². The predicted molar refractivity (Wildman–Crippen MR) is 397 cm³/mol. The Morgan fingerprint density at radius 1 is 0.271 bits per heavy atom. The molecule has 0 aliphatic carbocycles. The monoisotopic (exact) mass is 1700 g/mol. The molecule has 0 saturated carbocycles. The van der Waals surface area contributed by atoms with Crippen LogP contribution >= 0.6 is 62.7 Å². The first kappa shape index (κ1) is 105. The lowest BCUT2D eigenvalue weighted by Crippen LogP contribution is -2.41. The smallest absolute Gasteiger partial charge is 0.353 e. The third-order valence-electron chi connectivity index (χ3n) is 14.6. The summed E-state index contributed by atoms with van der Waals surface area (Å²) in [4.78, 5) is 148. The maximum atomic E-state index is 13.2. The molecular formula is C60H124N6O33P8. The molecule has 0 spiro atoms. The van der Waals surface area contributed by atoms with E-state index in [4.69, 9.17) is 63.3 Å². The highest BCUT2D eigenvalue weighted by Gasteiger charge is 2.31. The highest BCUT2D eigenvalue weighted by atomic mass is 31.8. The molecular weight excluding hydrogens is 1580 g/mol. The van der Waals surface area contributed by atoms with E-state index in [1.165, 1.54) is 0 Å². The van der Waals surface area contributed by atoms with E-state index in [9.17, 15) is 90.4 Å². The minimum atomic E-state index is -4.90. The van der Waals surface area contributed by atoms with Gasteiger partial charge in [-0.3, -0.25) is 83.1 Å². The molecule has 0 aromatic rings. The van der Waals surface area contributed by atoms with Gasteiger partial charge >= 0.3 is 46.9 Å². The van der Waals surface area contributed by atoms with E-state index in [0.717, 1.165) is 58.5 Å². The zero-order valence-corrected chi connectivity index (χ0v) is 69.9. The summed E-state index contributed by atoms with van der Waals surface area (Å²) >= 11 is 0. The van der Waals surface area contributed by atoms with Crippen molar-refractivity contribution in [3.05, 3.63) is 0 Å². The van der Waals surface area contributed by atoms with E-state index < -0.39 is 121 Å². The highest BCUT2D eigenvalue weighted by molar-refractivity contribution is 7.88. The minimum absolute atomic E-state index is 0.0479. The molecule has 47 heteroatoms. The molecule has 0 saturated heterocycles. The summed E-state index contributed by atoms with van der Waals surface area (Å²) in [7, 11) is -26.4. The van der Waals surface area contributed by atoms with E-state index in [2.05, 4.69) is 40.4 Å². The van der Waals surface area contributed by atoms with Gasteiger partial charge in [0.05, 0.1) is 66.1 Å². The normalized spacial score (nSPS) is 16.6. The molecule has 632 valence electrons. The summed E-state index contributed by atoms with van der Waals surface area (Å²) in [6.45, 7) is 4.52. The van der Waals surface area contributed by atoms with Gasteiger partial charge in [0, 0.05) is 84.9 Å². The van der Waals surface area contributed by atoms with Crippen LogP contribution in [-0.2, 0) is 119 Å². The Kier molecular flexibility index (Phi) is 61.3. The molecule has 107 heavy (non-hydrogen) atoms. The third kappa shape index (κ3) is 66.1. The average molecular weight is 1710 g/mol. The molecule has 0 fully saturated rings.